The highest BCUT2D eigenvalue weighted by atomic mass is 127. The highest BCUT2D eigenvalue weighted by Gasteiger charge is 2.43. The molecule has 0 aromatic heterocycles. The molecule has 0 bridgehead atoms. The van der Waals surface area contributed by atoms with Crippen molar-refractivity contribution in [3.8, 4) is 0 Å². The number of esters is 1. The van der Waals surface area contributed by atoms with Crippen LogP contribution in [0.3, 0.4) is 0 Å². The molecule has 1 fully saturated rings. The molecule has 0 saturated carbocycles. The van der Waals surface area contributed by atoms with Gasteiger partial charge in [0.1, 0.15) is 6.10 Å². The van der Waals surface area contributed by atoms with E-state index in [0.29, 0.717) is 10.3 Å². The van der Waals surface area contributed by atoms with Crippen LogP contribution in [0, 0.1) is 5.41 Å². The molecule has 2 atom stereocenters. The van der Waals surface area contributed by atoms with Gasteiger partial charge in [-0.05, 0) is 6.92 Å². The fourth-order valence-electron chi connectivity index (χ4n) is 1.53. The van der Waals surface area contributed by atoms with Crippen molar-refractivity contribution in [1.29, 1.82) is 0 Å². The number of alkyl halides is 1. The second-order valence-corrected chi connectivity index (χ2v) is 5.72. The smallest absolute Gasteiger partial charge is 0.306 e. The van der Waals surface area contributed by atoms with E-state index in [4.69, 9.17) is 4.74 Å². The van der Waals surface area contributed by atoms with Crippen LogP contribution in [-0.4, -0.2) is 16.0 Å². The minimum Gasteiger partial charge on any atom is -0.461 e. The SMILES string of the molecule is CC(I)C1OC(=O)CC1(C)C. The largest absolute Gasteiger partial charge is 0.461 e. The normalized spacial score (nSPS) is 31.6. The van der Waals surface area contributed by atoms with Gasteiger partial charge in [-0.1, -0.05) is 36.4 Å². The van der Waals surface area contributed by atoms with Gasteiger partial charge in [0.15, 0.2) is 0 Å². The number of cyclic esters (lactones) is 1. The van der Waals surface area contributed by atoms with E-state index < -0.39 is 0 Å². The van der Waals surface area contributed by atoms with E-state index in [0.717, 1.165) is 0 Å². The summed E-state index contributed by atoms with van der Waals surface area (Å²) in [6.07, 6.45) is 0.654. The Morgan fingerprint density at radius 1 is 1.73 bits per heavy atom. The van der Waals surface area contributed by atoms with E-state index >= 15 is 0 Å². The molecule has 3 heteroatoms. The van der Waals surface area contributed by atoms with Gasteiger partial charge in [-0.2, -0.15) is 0 Å². The Morgan fingerprint density at radius 3 is 2.45 bits per heavy atom. The molecule has 0 aliphatic carbocycles. The minimum atomic E-state index is -0.0523. The molecule has 11 heavy (non-hydrogen) atoms. The average Bonchev–Trinajstić information content (AvgIpc) is 2.04. The molecule has 1 rings (SSSR count). The number of rotatable bonds is 1. The molecule has 0 radical (unpaired) electrons. The monoisotopic (exact) mass is 268 g/mol. The molecule has 64 valence electrons. The number of carbonyl (C=O) groups excluding carboxylic acids is 1. The maximum atomic E-state index is 10.9. The zero-order chi connectivity index (χ0) is 8.65. The van der Waals surface area contributed by atoms with Gasteiger partial charge in [-0.3, -0.25) is 4.79 Å². The Kier molecular flexibility index (Phi) is 2.46. The van der Waals surface area contributed by atoms with Gasteiger partial charge in [0, 0.05) is 9.34 Å². The van der Waals surface area contributed by atoms with Crippen LogP contribution in [0.1, 0.15) is 27.2 Å². The number of hydrogen-bond acceptors (Lipinski definition) is 2. The molecule has 1 aliphatic rings. The summed E-state index contributed by atoms with van der Waals surface area (Å²) in [4.78, 5) is 10.9. The molecule has 2 unspecified atom stereocenters. The third-order valence-corrected chi connectivity index (χ3v) is 2.70. The predicted molar refractivity (Wildman–Crippen MR) is 51.8 cm³/mol. The summed E-state index contributed by atoms with van der Waals surface area (Å²) in [6, 6.07) is 0. The molecule has 1 aliphatic heterocycles. The molecule has 0 aromatic carbocycles. The molecule has 0 amide bonds. The second-order valence-electron chi connectivity index (χ2n) is 3.75. The first-order valence-electron chi connectivity index (χ1n) is 3.77. The van der Waals surface area contributed by atoms with Crippen LogP contribution in [0.2, 0.25) is 0 Å². The summed E-state index contributed by atoms with van der Waals surface area (Å²) in [5, 5.41) is 0. The Balaban J connectivity index is 2.74. The molecule has 1 saturated heterocycles. The van der Waals surface area contributed by atoms with Gasteiger partial charge < -0.3 is 4.74 Å². The van der Waals surface area contributed by atoms with Crippen molar-refractivity contribution < 1.29 is 9.53 Å². The van der Waals surface area contributed by atoms with E-state index in [2.05, 4.69) is 43.4 Å². The van der Waals surface area contributed by atoms with Gasteiger partial charge in [0.2, 0.25) is 0 Å². The lowest BCUT2D eigenvalue weighted by Crippen LogP contribution is -2.31. The Labute approximate surface area is 80.8 Å². The van der Waals surface area contributed by atoms with Crippen LogP contribution in [0.15, 0.2) is 0 Å². The van der Waals surface area contributed by atoms with E-state index in [1.54, 1.807) is 0 Å². The maximum Gasteiger partial charge on any atom is 0.306 e. The van der Waals surface area contributed by atoms with Crippen LogP contribution >= 0.6 is 22.6 Å². The summed E-state index contributed by atoms with van der Waals surface area (Å²) >= 11 is 2.30. The van der Waals surface area contributed by atoms with E-state index in [-0.39, 0.29) is 17.5 Å². The van der Waals surface area contributed by atoms with Crippen LogP contribution < -0.4 is 0 Å². The van der Waals surface area contributed by atoms with Crippen molar-refractivity contribution in [3.05, 3.63) is 0 Å². The Bertz CT molecular complexity index is 175. The van der Waals surface area contributed by atoms with Crippen molar-refractivity contribution >= 4 is 28.6 Å². The molecular weight excluding hydrogens is 255 g/mol. The molecule has 1 heterocycles. The second kappa shape index (κ2) is 2.92. The lowest BCUT2D eigenvalue weighted by Gasteiger charge is -2.25. The molecule has 0 spiro atoms. The van der Waals surface area contributed by atoms with Crippen molar-refractivity contribution in [2.45, 2.75) is 37.2 Å². The minimum absolute atomic E-state index is 0.0255. The summed E-state index contributed by atoms with van der Waals surface area (Å²) in [5.74, 6) is -0.0523. The lowest BCUT2D eigenvalue weighted by molar-refractivity contribution is -0.141. The number of ether oxygens (including phenoxy) is 1. The van der Waals surface area contributed by atoms with Crippen LogP contribution in [0.5, 0.6) is 0 Å². The fraction of sp³-hybridized carbons (Fsp3) is 0.875. The van der Waals surface area contributed by atoms with E-state index in [9.17, 15) is 4.79 Å². The quantitative estimate of drug-likeness (QED) is 0.414. The molecule has 0 N–H and O–H groups in total. The zero-order valence-electron chi connectivity index (χ0n) is 7.06. The molecule has 2 nitrogen and oxygen atoms in total. The lowest BCUT2D eigenvalue weighted by atomic mass is 9.84. The number of hydrogen-bond donors (Lipinski definition) is 0. The first-order valence-corrected chi connectivity index (χ1v) is 5.01. The highest BCUT2D eigenvalue weighted by molar-refractivity contribution is 14.1. The summed E-state index contributed by atoms with van der Waals surface area (Å²) in [7, 11) is 0. The average molecular weight is 268 g/mol. The Morgan fingerprint density at radius 2 is 2.27 bits per heavy atom. The number of carbonyl (C=O) groups is 1. The van der Waals surface area contributed by atoms with Gasteiger partial charge in [0.25, 0.3) is 0 Å². The fourth-order valence-corrected chi connectivity index (χ4v) is 2.65. The third kappa shape index (κ3) is 1.86. The van der Waals surface area contributed by atoms with Crippen LogP contribution in [0.25, 0.3) is 0 Å². The topological polar surface area (TPSA) is 26.3 Å². The van der Waals surface area contributed by atoms with Crippen molar-refractivity contribution in [3.63, 3.8) is 0 Å². The number of halogens is 1. The zero-order valence-corrected chi connectivity index (χ0v) is 9.21. The van der Waals surface area contributed by atoms with Crippen LogP contribution in [0.4, 0.5) is 0 Å². The van der Waals surface area contributed by atoms with E-state index in [1.165, 1.54) is 0 Å². The van der Waals surface area contributed by atoms with Gasteiger partial charge in [-0.25, -0.2) is 0 Å². The van der Waals surface area contributed by atoms with Gasteiger partial charge in [-0.15, -0.1) is 0 Å². The molecule has 0 aromatic rings. The summed E-state index contributed by atoms with van der Waals surface area (Å²) in [6.45, 7) is 6.24. The summed E-state index contributed by atoms with van der Waals surface area (Å²) < 4.78 is 5.59. The van der Waals surface area contributed by atoms with Crippen molar-refractivity contribution in [1.82, 2.24) is 0 Å². The van der Waals surface area contributed by atoms with Gasteiger partial charge >= 0.3 is 5.97 Å². The van der Waals surface area contributed by atoms with Gasteiger partial charge in [0.05, 0.1) is 6.42 Å². The standard InChI is InChI=1S/C8H13IO2/c1-5(9)7-8(2,3)4-6(10)11-7/h5,7H,4H2,1-3H3. The predicted octanol–water partition coefficient (Wildman–Crippen LogP) is 2.15. The summed E-state index contributed by atoms with van der Waals surface area (Å²) in [5.41, 5.74) is 0.0255. The first kappa shape index (κ1) is 9.29. The Hall–Kier alpha value is 0.200. The molecular formula is C8H13IO2. The maximum absolute atomic E-state index is 10.9. The van der Waals surface area contributed by atoms with Crippen LogP contribution in [-0.2, 0) is 9.53 Å². The van der Waals surface area contributed by atoms with E-state index in [1.807, 2.05) is 0 Å². The van der Waals surface area contributed by atoms with Crippen molar-refractivity contribution in [2.24, 2.45) is 5.41 Å². The third-order valence-electron chi connectivity index (χ3n) is 2.05. The highest BCUT2D eigenvalue weighted by Crippen LogP contribution is 2.38. The first-order chi connectivity index (χ1) is 4.93. The van der Waals surface area contributed by atoms with Crippen molar-refractivity contribution in [2.75, 3.05) is 0 Å².